The van der Waals surface area contributed by atoms with Crippen LogP contribution in [0.2, 0.25) is 0 Å². The Kier molecular flexibility index (Phi) is 9.50. The number of nitrogens with one attached hydrogen (secondary N) is 3. The first-order valence-electron chi connectivity index (χ1n) is 7.18. The van der Waals surface area contributed by atoms with Gasteiger partial charge in [0.05, 0.1) is 0 Å². The average Bonchev–Trinajstić information content (AvgIpc) is 2.74. The Balaban J connectivity index is 0.00000361. The molecule has 120 valence electrons. The Bertz CT molecular complexity index is 296. The molecule has 1 aliphatic rings. The number of hydrogen-bond donors (Lipinski definition) is 3. The minimum absolute atomic E-state index is 0. The van der Waals surface area contributed by atoms with Crippen molar-refractivity contribution >= 4 is 41.7 Å². The standard InChI is InChI=1S/C14H30N4S.HI/c1-13(2,3)18-9-8-16-12(15-5)17-11-14(4)7-6-10-19-14;/h18H,6-11H2,1-5H3,(H2,15,16,17);1H. The van der Waals surface area contributed by atoms with Gasteiger partial charge in [0.25, 0.3) is 0 Å². The van der Waals surface area contributed by atoms with Crippen molar-refractivity contribution in [2.24, 2.45) is 4.99 Å². The lowest BCUT2D eigenvalue weighted by atomic mass is 10.1. The maximum Gasteiger partial charge on any atom is 0.191 e. The van der Waals surface area contributed by atoms with Crippen molar-refractivity contribution in [1.82, 2.24) is 16.0 Å². The molecular weight excluding hydrogens is 383 g/mol. The molecule has 0 bridgehead atoms. The van der Waals surface area contributed by atoms with Crippen LogP contribution in [0.25, 0.3) is 0 Å². The van der Waals surface area contributed by atoms with Crippen LogP contribution in [0.3, 0.4) is 0 Å². The minimum Gasteiger partial charge on any atom is -0.355 e. The van der Waals surface area contributed by atoms with E-state index in [1.165, 1.54) is 18.6 Å². The molecule has 0 radical (unpaired) electrons. The fourth-order valence-electron chi connectivity index (χ4n) is 2.09. The Hall–Kier alpha value is 0.310. The van der Waals surface area contributed by atoms with Gasteiger partial charge in [-0.05, 0) is 46.3 Å². The molecule has 6 heteroatoms. The van der Waals surface area contributed by atoms with Crippen molar-refractivity contribution in [3.8, 4) is 0 Å². The lowest BCUT2D eigenvalue weighted by molar-refractivity contribution is 0.428. The van der Waals surface area contributed by atoms with Crippen LogP contribution in [-0.4, -0.2) is 48.7 Å². The molecular formula is C14H31IN4S. The van der Waals surface area contributed by atoms with Gasteiger partial charge in [-0.3, -0.25) is 4.99 Å². The Morgan fingerprint density at radius 3 is 2.45 bits per heavy atom. The molecule has 1 rings (SSSR count). The third-order valence-corrected chi connectivity index (χ3v) is 4.76. The monoisotopic (exact) mass is 414 g/mol. The summed E-state index contributed by atoms with van der Waals surface area (Å²) in [6, 6.07) is 0. The van der Waals surface area contributed by atoms with E-state index >= 15 is 0 Å². The van der Waals surface area contributed by atoms with E-state index in [0.717, 1.165) is 25.6 Å². The summed E-state index contributed by atoms with van der Waals surface area (Å²) in [5, 5.41) is 10.2. The summed E-state index contributed by atoms with van der Waals surface area (Å²) in [4.78, 5) is 4.27. The highest BCUT2D eigenvalue weighted by atomic mass is 127. The number of hydrogen-bond acceptors (Lipinski definition) is 3. The Morgan fingerprint density at radius 1 is 1.25 bits per heavy atom. The summed E-state index contributed by atoms with van der Waals surface area (Å²) < 4.78 is 0.376. The number of aliphatic imine (C=N–C) groups is 1. The van der Waals surface area contributed by atoms with E-state index in [9.17, 15) is 0 Å². The van der Waals surface area contributed by atoms with E-state index in [2.05, 4.69) is 60.4 Å². The van der Waals surface area contributed by atoms with Gasteiger partial charge in [0.2, 0.25) is 0 Å². The highest BCUT2D eigenvalue weighted by molar-refractivity contribution is 14.0. The maximum atomic E-state index is 4.27. The third-order valence-electron chi connectivity index (χ3n) is 3.23. The zero-order chi connectivity index (χ0) is 14.4. The molecule has 0 aliphatic carbocycles. The molecule has 0 aromatic rings. The molecule has 0 aromatic heterocycles. The first kappa shape index (κ1) is 20.3. The van der Waals surface area contributed by atoms with E-state index in [0.29, 0.717) is 4.75 Å². The second-order valence-electron chi connectivity index (χ2n) is 6.43. The van der Waals surface area contributed by atoms with Gasteiger partial charge in [0.1, 0.15) is 0 Å². The van der Waals surface area contributed by atoms with Crippen LogP contribution in [0.5, 0.6) is 0 Å². The van der Waals surface area contributed by atoms with Crippen molar-refractivity contribution in [1.29, 1.82) is 0 Å². The molecule has 20 heavy (non-hydrogen) atoms. The normalized spacial score (nSPS) is 23.4. The number of guanidine groups is 1. The zero-order valence-corrected chi connectivity index (χ0v) is 16.7. The van der Waals surface area contributed by atoms with Crippen LogP contribution >= 0.6 is 35.7 Å². The van der Waals surface area contributed by atoms with Crippen LogP contribution in [0.15, 0.2) is 4.99 Å². The summed E-state index contributed by atoms with van der Waals surface area (Å²) in [7, 11) is 1.83. The van der Waals surface area contributed by atoms with E-state index in [1.54, 1.807) is 0 Å². The van der Waals surface area contributed by atoms with E-state index in [4.69, 9.17) is 0 Å². The number of rotatable bonds is 5. The fourth-order valence-corrected chi connectivity index (χ4v) is 3.33. The van der Waals surface area contributed by atoms with Gasteiger partial charge in [-0.25, -0.2) is 0 Å². The van der Waals surface area contributed by atoms with Crippen LogP contribution in [-0.2, 0) is 0 Å². The first-order valence-corrected chi connectivity index (χ1v) is 8.17. The summed E-state index contributed by atoms with van der Waals surface area (Å²) in [5.74, 6) is 2.20. The molecule has 1 aliphatic heterocycles. The van der Waals surface area contributed by atoms with Gasteiger partial charge < -0.3 is 16.0 Å². The van der Waals surface area contributed by atoms with Crippen LogP contribution < -0.4 is 16.0 Å². The Morgan fingerprint density at radius 2 is 1.95 bits per heavy atom. The average molecular weight is 414 g/mol. The predicted octanol–water partition coefficient (Wildman–Crippen LogP) is 2.44. The van der Waals surface area contributed by atoms with Gasteiger partial charge in [-0.2, -0.15) is 11.8 Å². The lowest BCUT2D eigenvalue weighted by Gasteiger charge is -2.25. The van der Waals surface area contributed by atoms with E-state index in [1.807, 2.05) is 7.05 Å². The Labute approximate surface area is 145 Å². The highest BCUT2D eigenvalue weighted by Gasteiger charge is 2.29. The lowest BCUT2D eigenvalue weighted by Crippen LogP contribution is -2.47. The van der Waals surface area contributed by atoms with Crippen molar-refractivity contribution in [3.05, 3.63) is 0 Å². The van der Waals surface area contributed by atoms with Gasteiger partial charge in [0.15, 0.2) is 5.96 Å². The maximum absolute atomic E-state index is 4.27. The van der Waals surface area contributed by atoms with E-state index in [-0.39, 0.29) is 29.5 Å². The summed E-state index contributed by atoms with van der Waals surface area (Å²) in [5.41, 5.74) is 0.173. The third kappa shape index (κ3) is 8.56. The minimum atomic E-state index is 0. The number of thioether (sulfide) groups is 1. The molecule has 0 amide bonds. The van der Waals surface area contributed by atoms with Crippen LogP contribution in [0.1, 0.15) is 40.5 Å². The summed E-state index contributed by atoms with van der Waals surface area (Å²) in [6.45, 7) is 11.7. The van der Waals surface area contributed by atoms with Gasteiger partial charge in [-0.1, -0.05) is 0 Å². The predicted molar refractivity (Wildman–Crippen MR) is 103 cm³/mol. The second kappa shape index (κ2) is 9.35. The topological polar surface area (TPSA) is 48.5 Å². The molecule has 1 unspecified atom stereocenters. The first-order chi connectivity index (χ1) is 8.85. The molecule has 0 saturated carbocycles. The van der Waals surface area contributed by atoms with Crippen LogP contribution in [0.4, 0.5) is 0 Å². The number of halogens is 1. The molecule has 4 nitrogen and oxygen atoms in total. The van der Waals surface area contributed by atoms with Gasteiger partial charge in [-0.15, -0.1) is 24.0 Å². The quantitative estimate of drug-likeness (QED) is 0.280. The summed E-state index contributed by atoms with van der Waals surface area (Å²) >= 11 is 2.07. The molecule has 0 aromatic carbocycles. The van der Waals surface area contributed by atoms with E-state index < -0.39 is 0 Å². The zero-order valence-electron chi connectivity index (χ0n) is 13.5. The molecule has 1 fully saturated rings. The molecule has 3 N–H and O–H groups in total. The van der Waals surface area contributed by atoms with Crippen molar-refractivity contribution in [2.45, 2.75) is 50.8 Å². The van der Waals surface area contributed by atoms with Gasteiger partial charge >= 0.3 is 0 Å². The molecule has 1 atom stereocenters. The largest absolute Gasteiger partial charge is 0.355 e. The number of nitrogens with zero attached hydrogens (tertiary/aromatic N) is 1. The van der Waals surface area contributed by atoms with Crippen molar-refractivity contribution in [3.63, 3.8) is 0 Å². The van der Waals surface area contributed by atoms with Crippen molar-refractivity contribution < 1.29 is 0 Å². The van der Waals surface area contributed by atoms with Gasteiger partial charge in [0, 0.05) is 37.0 Å². The highest BCUT2D eigenvalue weighted by Crippen LogP contribution is 2.36. The molecule has 1 heterocycles. The molecule has 1 saturated heterocycles. The van der Waals surface area contributed by atoms with Crippen LogP contribution in [0, 0.1) is 0 Å². The fraction of sp³-hybridized carbons (Fsp3) is 0.929. The smallest absolute Gasteiger partial charge is 0.191 e. The van der Waals surface area contributed by atoms with Crippen molar-refractivity contribution in [2.75, 3.05) is 32.4 Å². The molecule has 0 spiro atoms. The summed E-state index contributed by atoms with van der Waals surface area (Å²) in [6.07, 6.45) is 2.64. The SMILES string of the molecule is CN=C(NCCNC(C)(C)C)NCC1(C)CCCS1.I. The second-order valence-corrected chi connectivity index (χ2v) is 8.11.